The summed E-state index contributed by atoms with van der Waals surface area (Å²) in [4.78, 5) is 12.2. The van der Waals surface area contributed by atoms with E-state index in [4.69, 9.17) is 17.1 Å². The van der Waals surface area contributed by atoms with E-state index < -0.39 is 39.2 Å². The normalized spacial score (nSPS) is 14.4. The van der Waals surface area contributed by atoms with Crippen molar-refractivity contribution in [2.24, 2.45) is 5.41 Å². The molecule has 162 valence electrons. The molecule has 0 saturated carbocycles. The highest BCUT2D eigenvalue weighted by molar-refractivity contribution is 6.90. The predicted molar refractivity (Wildman–Crippen MR) is 124 cm³/mol. The second-order valence-corrected chi connectivity index (χ2v) is 27.8. The number of hydrogen-bond acceptors (Lipinski definition) is 5. The molecule has 0 saturated heterocycles. The molecule has 0 fully saturated rings. The van der Waals surface area contributed by atoms with Crippen molar-refractivity contribution in [2.45, 2.75) is 98.6 Å². The summed E-state index contributed by atoms with van der Waals surface area (Å²) < 4.78 is 25.4. The van der Waals surface area contributed by atoms with Crippen LogP contribution in [0.4, 0.5) is 0 Å². The lowest BCUT2D eigenvalue weighted by Crippen LogP contribution is -2.60. The van der Waals surface area contributed by atoms with Crippen LogP contribution in [0.25, 0.3) is 0 Å². The Bertz CT molecular complexity index is 435. The predicted octanol–water partition coefficient (Wildman–Crippen LogP) is 5.85. The summed E-state index contributed by atoms with van der Waals surface area (Å²) in [6, 6.07) is 0.700. The van der Waals surface area contributed by atoms with Crippen LogP contribution in [-0.4, -0.2) is 46.3 Å². The van der Waals surface area contributed by atoms with Crippen molar-refractivity contribution in [3.8, 4) is 0 Å². The largest absolute Gasteiger partial charge is 0.469 e. The molecule has 0 aromatic heterocycles. The summed E-state index contributed by atoms with van der Waals surface area (Å²) in [6.45, 7) is 25.9. The summed E-state index contributed by atoms with van der Waals surface area (Å²) in [5, 5.41) is 0. The van der Waals surface area contributed by atoms with Crippen molar-refractivity contribution in [3.63, 3.8) is 0 Å². The Balaban J connectivity index is 5.29. The molecular weight excluding hydrogens is 409 g/mol. The minimum atomic E-state index is -2.83. The third-order valence-electron chi connectivity index (χ3n) is 3.68. The van der Waals surface area contributed by atoms with Crippen LogP contribution in [0.2, 0.25) is 65.0 Å². The average Bonchev–Trinajstić information content (AvgIpc) is 2.37. The second-order valence-electron chi connectivity index (χ2n) is 10.8. The zero-order chi connectivity index (χ0) is 21.7. The number of rotatable bonds is 12. The molecule has 0 heterocycles. The van der Waals surface area contributed by atoms with Crippen molar-refractivity contribution >= 4 is 39.7 Å². The highest BCUT2D eigenvalue weighted by Crippen LogP contribution is 2.30. The Morgan fingerprint density at radius 2 is 1.15 bits per heavy atom. The molecule has 0 amide bonds. The zero-order valence-electron chi connectivity index (χ0n) is 19.9. The first-order valence-corrected chi connectivity index (χ1v) is 22.2. The van der Waals surface area contributed by atoms with Gasteiger partial charge < -0.3 is 17.1 Å². The van der Waals surface area contributed by atoms with Crippen LogP contribution in [0, 0.1) is 5.41 Å². The van der Waals surface area contributed by atoms with Crippen molar-refractivity contribution in [2.75, 3.05) is 6.61 Å². The summed E-state index contributed by atoms with van der Waals surface area (Å²) in [5.74, 6) is -0.138. The molecule has 0 aliphatic carbocycles. The molecule has 0 rings (SSSR count). The highest BCUT2D eigenvalue weighted by atomic mass is 28.5. The van der Waals surface area contributed by atoms with Crippen LogP contribution >= 0.6 is 0 Å². The lowest BCUT2D eigenvalue weighted by Gasteiger charge is -2.42. The van der Waals surface area contributed by atoms with E-state index in [1.54, 1.807) is 0 Å². The van der Waals surface area contributed by atoms with Crippen LogP contribution < -0.4 is 0 Å². The van der Waals surface area contributed by atoms with Gasteiger partial charge in [0, 0.05) is 6.04 Å². The van der Waals surface area contributed by atoms with Gasteiger partial charge in [-0.15, -0.1) is 0 Å². The van der Waals surface area contributed by atoms with E-state index in [9.17, 15) is 4.79 Å². The summed E-state index contributed by atoms with van der Waals surface area (Å²) in [6.07, 6.45) is 1.47. The number of carbonyl (C=O) groups is 1. The van der Waals surface area contributed by atoms with Gasteiger partial charge >= 0.3 is 14.8 Å². The average molecular weight is 453 g/mol. The Labute approximate surface area is 172 Å². The SMILES string of the molecule is CCC(C)(C)C(=O)OCCC[Si](O[Si](C)(C)C)(O[Si](C)(C)C)O[Si](C)(C)C. The van der Waals surface area contributed by atoms with Crippen molar-refractivity contribution in [3.05, 3.63) is 0 Å². The molecule has 0 bridgehead atoms. The molecule has 0 spiro atoms. The molecular formula is C18H44O5Si4. The van der Waals surface area contributed by atoms with Crippen molar-refractivity contribution in [1.82, 2.24) is 0 Å². The van der Waals surface area contributed by atoms with Gasteiger partial charge in [-0.25, -0.2) is 0 Å². The van der Waals surface area contributed by atoms with E-state index in [0.29, 0.717) is 19.1 Å². The smallest absolute Gasteiger partial charge is 0.465 e. The molecule has 27 heavy (non-hydrogen) atoms. The number of ether oxygens (including phenoxy) is 1. The van der Waals surface area contributed by atoms with Crippen LogP contribution in [-0.2, 0) is 21.9 Å². The Morgan fingerprint density at radius 1 is 0.778 bits per heavy atom. The third-order valence-corrected chi connectivity index (χ3v) is 15.7. The van der Waals surface area contributed by atoms with E-state index in [0.717, 1.165) is 6.42 Å². The van der Waals surface area contributed by atoms with Gasteiger partial charge in [-0.3, -0.25) is 4.79 Å². The maximum absolute atomic E-state index is 12.2. The molecule has 0 radical (unpaired) electrons. The minimum Gasteiger partial charge on any atom is -0.465 e. The Morgan fingerprint density at radius 3 is 1.44 bits per heavy atom. The van der Waals surface area contributed by atoms with Gasteiger partial charge in [0.2, 0.25) is 0 Å². The maximum atomic E-state index is 12.2. The molecule has 5 nitrogen and oxygen atoms in total. The first-order valence-electron chi connectivity index (χ1n) is 10.1. The lowest BCUT2D eigenvalue weighted by molar-refractivity contribution is -0.154. The molecule has 0 aliphatic heterocycles. The van der Waals surface area contributed by atoms with E-state index in [-0.39, 0.29) is 5.97 Å². The number of esters is 1. The number of hydrogen-bond donors (Lipinski definition) is 0. The number of carbonyl (C=O) groups excluding carboxylic acids is 1. The fourth-order valence-electron chi connectivity index (χ4n) is 2.41. The van der Waals surface area contributed by atoms with Gasteiger partial charge in [0.05, 0.1) is 12.0 Å². The first kappa shape index (κ1) is 27.2. The van der Waals surface area contributed by atoms with Crippen molar-refractivity contribution in [1.29, 1.82) is 0 Å². The lowest BCUT2D eigenvalue weighted by atomic mass is 9.91. The van der Waals surface area contributed by atoms with Crippen LogP contribution in [0.3, 0.4) is 0 Å². The molecule has 0 unspecified atom stereocenters. The van der Waals surface area contributed by atoms with E-state index in [1.807, 2.05) is 20.8 Å². The van der Waals surface area contributed by atoms with Gasteiger partial charge in [0.15, 0.2) is 25.0 Å². The second kappa shape index (κ2) is 9.81. The Hall–Kier alpha value is 0.218. The zero-order valence-corrected chi connectivity index (χ0v) is 23.9. The molecule has 0 aromatic rings. The summed E-state index contributed by atoms with van der Waals surface area (Å²) in [5.41, 5.74) is -0.438. The molecule has 0 N–H and O–H groups in total. The highest BCUT2D eigenvalue weighted by Gasteiger charge is 2.49. The van der Waals surface area contributed by atoms with Gasteiger partial charge in [0.1, 0.15) is 0 Å². The van der Waals surface area contributed by atoms with Crippen molar-refractivity contribution < 1.29 is 21.9 Å². The van der Waals surface area contributed by atoms with Gasteiger partial charge in [-0.1, -0.05) is 6.92 Å². The fourth-order valence-corrected chi connectivity index (χ4v) is 17.0. The summed E-state index contributed by atoms with van der Waals surface area (Å²) in [7, 11) is -8.42. The molecule has 0 atom stereocenters. The van der Waals surface area contributed by atoms with E-state index in [1.165, 1.54) is 0 Å². The molecule has 0 aromatic carbocycles. The minimum absolute atomic E-state index is 0.138. The first-order chi connectivity index (χ1) is 11.8. The molecule has 0 aliphatic rings. The van der Waals surface area contributed by atoms with E-state index >= 15 is 0 Å². The van der Waals surface area contributed by atoms with Crippen LogP contribution in [0.1, 0.15) is 33.6 Å². The monoisotopic (exact) mass is 452 g/mol. The van der Waals surface area contributed by atoms with E-state index in [2.05, 4.69) is 58.9 Å². The third kappa shape index (κ3) is 12.4. The fraction of sp³-hybridized carbons (Fsp3) is 0.944. The standard InChI is InChI=1S/C18H44O5Si4/c1-13-18(2,3)17(19)20-15-14-16-27(21-24(4,5)6,22-25(7,8)9)23-26(10,11)12/h13-16H2,1-12H3. The summed E-state index contributed by atoms with van der Waals surface area (Å²) >= 11 is 0. The van der Waals surface area contributed by atoms with Crippen LogP contribution in [0.5, 0.6) is 0 Å². The quantitative estimate of drug-likeness (QED) is 0.211. The molecule has 9 heteroatoms. The topological polar surface area (TPSA) is 54.0 Å². The maximum Gasteiger partial charge on any atom is 0.469 e. The van der Waals surface area contributed by atoms with Gasteiger partial charge in [-0.2, -0.15) is 0 Å². The van der Waals surface area contributed by atoms with Gasteiger partial charge in [-0.05, 0) is 85.6 Å². The Kier molecular flexibility index (Phi) is 9.89. The van der Waals surface area contributed by atoms with Crippen LogP contribution in [0.15, 0.2) is 0 Å². The van der Waals surface area contributed by atoms with Gasteiger partial charge in [0.25, 0.3) is 0 Å².